The van der Waals surface area contributed by atoms with E-state index in [1.54, 1.807) is 0 Å². The summed E-state index contributed by atoms with van der Waals surface area (Å²) in [5.74, 6) is 0. The molecular formula is C9H14FN3O2. The Morgan fingerprint density at radius 2 is 2.20 bits per heavy atom. The summed E-state index contributed by atoms with van der Waals surface area (Å²) in [4.78, 5) is 13.6. The second kappa shape index (κ2) is 5.43. The molecule has 84 valence electrons. The molecule has 1 fully saturated rings. The molecule has 0 radical (unpaired) electrons. The third kappa shape index (κ3) is 3.30. The van der Waals surface area contributed by atoms with Gasteiger partial charge >= 0.3 is 5.70 Å². The Labute approximate surface area is 87.0 Å². The summed E-state index contributed by atoms with van der Waals surface area (Å²) in [7, 11) is 0. The van der Waals surface area contributed by atoms with Gasteiger partial charge in [-0.1, -0.05) is 12.8 Å². The zero-order valence-corrected chi connectivity index (χ0v) is 8.30. The summed E-state index contributed by atoms with van der Waals surface area (Å²) in [6, 6.07) is -0.450. The van der Waals surface area contributed by atoms with E-state index in [2.05, 4.69) is 4.99 Å². The van der Waals surface area contributed by atoms with Gasteiger partial charge in [-0.05, 0) is 12.8 Å². The number of alkyl halides is 1. The first kappa shape index (κ1) is 11.6. The maximum absolute atomic E-state index is 13.3. The van der Waals surface area contributed by atoms with Crippen molar-refractivity contribution in [3.8, 4) is 0 Å². The third-order valence-corrected chi connectivity index (χ3v) is 2.43. The molecule has 0 aromatic carbocycles. The smallest absolute Gasteiger partial charge is 0.302 e. The van der Waals surface area contributed by atoms with Gasteiger partial charge in [0.05, 0.1) is 17.2 Å². The van der Waals surface area contributed by atoms with E-state index < -0.39 is 17.1 Å². The number of hydrogen-bond acceptors (Lipinski definition) is 4. The topological polar surface area (TPSA) is 81.5 Å². The van der Waals surface area contributed by atoms with Crippen LogP contribution in [0.15, 0.2) is 16.9 Å². The van der Waals surface area contributed by atoms with Crippen LogP contribution < -0.4 is 5.73 Å². The van der Waals surface area contributed by atoms with Crippen molar-refractivity contribution in [2.75, 3.05) is 0 Å². The number of nitrogens with zero attached hydrogens (tertiary/aromatic N) is 2. The van der Waals surface area contributed by atoms with Crippen molar-refractivity contribution < 1.29 is 9.31 Å². The SMILES string of the molecule is NC=C(C=NC1CCCCC1F)[N+](=O)[O-]. The highest BCUT2D eigenvalue weighted by Gasteiger charge is 2.23. The molecule has 2 unspecified atom stereocenters. The second-order valence-corrected chi connectivity index (χ2v) is 3.49. The predicted molar refractivity (Wildman–Crippen MR) is 54.9 cm³/mol. The van der Waals surface area contributed by atoms with E-state index in [-0.39, 0.29) is 5.70 Å². The van der Waals surface area contributed by atoms with Crippen molar-refractivity contribution >= 4 is 6.21 Å². The summed E-state index contributed by atoms with van der Waals surface area (Å²) in [6.07, 6.45) is 3.84. The van der Waals surface area contributed by atoms with Crippen LogP contribution in [0.5, 0.6) is 0 Å². The maximum Gasteiger partial charge on any atom is 0.302 e. The Hall–Kier alpha value is -1.46. The van der Waals surface area contributed by atoms with Crippen LogP contribution in [-0.2, 0) is 0 Å². The van der Waals surface area contributed by atoms with Crippen LogP contribution in [0.25, 0.3) is 0 Å². The molecule has 0 amide bonds. The molecule has 0 aliphatic heterocycles. The number of hydrogen-bond donors (Lipinski definition) is 1. The van der Waals surface area contributed by atoms with E-state index in [4.69, 9.17) is 5.73 Å². The quantitative estimate of drug-likeness (QED) is 0.439. The van der Waals surface area contributed by atoms with Gasteiger partial charge in [-0.2, -0.15) is 0 Å². The Morgan fingerprint density at radius 1 is 1.53 bits per heavy atom. The summed E-state index contributed by atoms with van der Waals surface area (Å²) < 4.78 is 13.3. The molecule has 0 bridgehead atoms. The number of halogens is 1. The van der Waals surface area contributed by atoms with Crippen LogP contribution >= 0.6 is 0 Å². The normalized spacial score (nSPS) is 28.2. The molecule has 0 saturated heterocycles. The molecule has 15 heavy (non-hydrogen) atoms. The van der Waals surface area contributed by atoms with Gasteiger partial charge in [0.1, 0.15) is 12.4 Å². The molecule has 2 N–H and O–H groups in total. The lowest BCUT2D eigenvalue weighted by atomic mass is 9.94. The van der Waals surface area contributed by atoms with Gasteiger partial charge in [-0.25, -0.2) is 4.39 Å². The van der Waals surface area contributed by atoms with Crippen LogP contribution in [0.3, 0.4) is 0 Å². The highest BCUT2D eigenvalue weighted by Crippen LogP contribution is 2.23. The average molecular weight is 215 g/mol. The minimum absolute atomic E-state index is 0.298. The fourth-order valence-corrected chi connectivity index (χ4v) is 1.56. The highest BCUT2D eigenvalue weighted by molar-refractivity contribution is 5.75. The lowest BCUT2D eigenvalue weighted by Gasteiger charge is -2.21. The van der Waals surface area contributed by atoms with Gasteiger partial charge in [0.2, 0.25) is 0 Å². The molecular weight excluding hydrogens is 201 g/mol. The van der Waals surface area contributed by atoms with Crippen LogP contribution in [0, 0.1) is 10.1 Å². The van der Waals surface area contributed by atoms with Crippen molar-refractivity contribution in [1.82, 2.24) is 0 Å². The van der Waals surface area contributed by atoms with Crippen molar-refractivity contribution in [3.63, 3.8) is 0 Å². The first-order chi connectivity index (χ1) is 7.15. The van der Waals surface area contributed by atoms with Crippen LogP contribution in [0.4, 0.5) is 4.39 Å². The number of aliphatic imine (C=N–C) groups is 1. The van der Waals surface area contributed by atoms with Gasteiger partial charge in [-0.3, -0.25) is 15.1 Å². The summed E-state index contributed by atoms with van der Waals surface area (Å²) in [6.45, 7) is 0. The van der Waals surface area contributed by atoms with E-state index in [0.29, 0.717) is 12.8 Å². The summed E-state index contributed by atoms with van der Waals surface area (Å²) in [5, 5.41) is 10.4. The molecule has 0 spiro atoms. The average Bonchev–Trinajstić information content (AvgIpc) is 2.21. The van der Waals surface area contributed by atoms with Gasteiger partial charge in [-0.15, -0.1) is 0 Å². The van der Waals surface area contributed by atoms with Gasteiger partial charge in [0.25, 0.3) is 0 Å². The Bertz CT molecular complexity index is 291. The van der Waals surface area contributed by atoms with Crippen LogP contribution in [0.1, 0.15) is 25.7 Å². The second-order valence-electron chi connectivity index (χ2n) is 3.49. The monoisotopic (exact) mass is 215 g/mol. The molecule has 1 saturated carbocycles. The van der Waals surface area contributed by atoms with Crippen molar-refractivity contribution in [1.29, 1.82) is 0 Å². The first-order valence-electron chi connectivity index (χ1n) is 4.88. The zero-order valence-electron chi connectivity index (χ0n) is 8.30. The van der Waals surface area contributed by atoms with E-state index in [1.165, 1.54) is 0 Å². The van der Waals surface area contributed by atoms with Crippen LogP contribution in [-0.4, -0.2) is 23.4 Å². The summed E-state index contributed by atoms with van der Waals surface area (Å²) in [5.41, 5.74) is 4.74. The molecule has 1 aliphatic carbocycles. The molecule has 0 aromatic heterocycles. The molecule has 5 nitrogen and oxygen atoms in total. The molecule has 0 aromatic rings. The highest BCUT2D eigenvalue weighted by atomic mass is 19.1. The Morgan fingerprint density at radius 3 is 2.73 bits per heavy atom. The molecule has 0 heterocycles. The van der Waals surface area contributed by atoms with Gasteiger partial charge in [0, 0.05) is 0 Å². The maximum atomic E-state index is 13.3. The van der Waals surface area contributed by atoms with Crippen molar-refractivity contribution in [2.24, 2.45) is 10.7 Å². The number of nitro groups is 1. The van der Waals surface area contributed by atoms with Crippen molar-refractivity contribution in [3.05, 3.63) is 22.0 Å². The Kier molecular flexibility index (Phi) is 4.20. The largest absolute Gasteiger partial charge is 0.399 e. The fourth-order valence-electron chi connectivity index (χ4n) is 1.56. The standard InChI is InChI=1S/C9H14FN3O2/c10-8-3-1-2-4-9(8)12-6-7(5-11)13(14)15/h5-6,8-9H,1-4,11H2. The number of allylic oxidation sites excluding steroid dienone is 1. The zero-order chi connectivity index (χ0) is 11.3. The molecule has 2 atom stereocenters. The van der Waals surface area contributed by atoms with Gasteiger partial charge < -0.3 is 5.73 Å². The van der Waals surface area contributed by atoms with E-state index in [0.717, 1.165) is 25.3 Å². The number of nitrogens with two attached hydrogens (primary N) is 1. The van der Waals surface area contributed by atoms with Crippen LogP contribution in [0.2, 0.25) is 0 Å². The molecule has 1 rings (SSSR count). The lowest BCUT2D eigenvalue weighted by Crippen LogP contribution is -2.24. The van der Waals surface area contributed by atoms with E-state index in [1.807, 2.05) is 0 Å². The van der Waals surface area contributed by atoms with E-state index in [9.17, 15) is 14.5 Å². The first-order valence-corrected chi connectivity index (χ1v) is 4.88. The van der Waals surface area contributed by atoms with Gasteiger partial charge in [0.15, 0.2) is 0 Å². The minimum atomic E-state index is -0.985. The lowest BCUT2D eigenvalue weighted by molar-refractivity contribution is -0.414. The molecule has 1 aliphatic rings. The van der Waals surface area contributed by atoms with Crippen molar-refractivity contribution in [2.45, 2.75) is 37.9 Å². The third-order valence-electron chi connectivity index (χ3n) is 2.43. The summed E-state index contributed by atoms with van der Waals surface area (Å²) >= 11 is 0. The number of rotatable bonds is 3. The molecule has 6 heteroatoms. The minimum Gasteiger partial charge on any atom is -0.399 e. The predicted octanol–water partition coefficient (Wildman–Crippen LogP) is 1.41. The Balaban J connectivity index is 2.59. The fraction of sp³-hybridized carbons (Fsp3) is 0.667. The van der Waals surface area contributed by atoms with E-state index >= 15 is 0 Å².